The van der Waals surface area contributed by atoms with Crippen molar-refractivity contribution in [1.29, 1.82) is 0 Å². The summed E-state index contributed by atoms with van der Waals surface area (Å²) >= 11 is 0. The smallest absolute Gasteiger partial charge is 0.387 e. The first-order valence-corrected chi connectivity index (χ1v) is 10.5. The molecule has 4 bridgehead atoms. The van der Waals surface area contributed by atoms with Crippen LogP contribution >= 0.6 is 0 Å². The van der Waals surface area contributed by atoms with Gasteiger partial charge in [0, 0.05) is 12.1 Å². The van der Waals surface area contributed by atoms with Crippen LogP contribution in [-0.4, -0.2) is 43.7 Å². The van der Waals surface area contributed by atoms with Gasteiger partial charge in [0.1, 0.15) is 0 Å². The number of carbonyl (C=O) groups excluding carboxylic acids is 1. The topological polar surface area (TPSA) is 50.8 Å². The number of methoxy groups -OCH3 is 1. The molecule has 0 aliphatic heterocycles. The summed E-state index contributed by atoms with van der Waals surface area (Å²) in [6.07, 6.45) is 7.46. The molecule has 0 unspecified atom stereocenters. The van der Waals surface area contributed by atoms with Gasteiger partial charge in [-0.15, -0.1) is 0 Å². The summed E-state index contributed by atoms with van der Waals surface area (Å²) in [6, 6.07) is 4.86. The molecule has 1 aromatic rings. The Morgan fingerprint density at radius 1 is 1.17 bits per heavy atom. The average molecular weight is 408 g/mol. The van der Waals surface area contributed by atoms with Gasteiger partial charge >= 0.3 is 6.61 Å². The van der Waals surface area contributed by atoms with Crippen molar-refractivity contribution < 1.29 is 23.0 Å². The van der Waals surface area contributed by atoms with E-state index in [-0.39, 0.29) is 22.9 Å². The van der Waals surface area contributed by atoms with Crippen LogP contribution in [0.5, 0.6) is 11.5 Å². The number of ether oxygens (including phenoxy) is 2. The van der Waals surface area contributed by atoms with Crippen LogP contribution in [0.25, 0.3) is 0 Å². The third kappa shape index (κ3) is 4.65. The SMILES string of the molecule is COc1cc(CN(C)CC(=O)NC23CC4CC(CC(C4)C2)C3)ccc1OC(F)F. The van der Waals surface area contributed by atoms with Gasteiger partial charge in [-0.05, 0) is 81.0 Å². The number of nitrogens with one attached hydrogen (secondary N) is 1. The second kappa shape index (κ2) is 8.09. The fourth-order valence-electron chi connectivity index (χ4n) is 6.22. The standard InChI is InChI=1S/C22H30F2N2O3/c1-26(12-14-3-4-18(29-21(23)24)19(8-14)28-2)13-20(27)25-22-9-15-5-16(10-22)7-17(6-15)11-22/h3-4,8,15-17,21H,5-7,9-13H2,1-2H3,(H,25,27). The van der Waals surface area contributed by atoms with E-state index in [1.807, 2.05) is 11.9 Å². The van der Waals surface area contributed by atoms with Crippen LogP contribution in [-0.2, 0) is 11.3 Å². The quantitative estimate of drug-likeness (QED) is 0.711. The van der Waals surface area contributed by atoms with Gasteiger partial charge < -0.3 is 14.8 Å². The van der Waals surface area contributed by atoms with Crippen molar-refractivity contribution in [3.05, 3.63) is 23.8 Å². The largest absolute Gasteiger partial charge is 0.493 e. The monoisotopic (exact) mass is 408 g/mol. The van der Waals surface area contributed by atoms with E-state index in [0.717, 1.165) is 42.6 Å². The first-order valence-electron chi connectivity index (χ1n) is 10.5. The van der Waals surface area contributed by atoms with E-state index >= 15 is 0 Å². The lowest BCUT2D eigenvalue weighted by Crippen LogP contribution is -2.60. The van der Waals surface area contributed by atoms with E-state index in [4.69, 9.17) is 4.74 Å². The lowest BCUT2D eigenvalue weighted by Gasteiger charge is -2.57. The number of alkyl halides is 2. The minimum Gasteiger partial charge on any atom is -0.493 e. The van der Waals surface area contributed by atoms with Gasteiger partial charge in [0.25, 0.3) is 0 Å². The maximum Gasteiger partial charge on any atom is 0.387 e. The van der Waals surface area contributed by atoms with Gasteiger partial charge in [0.15, 0.2) is 11.5 Å². The van der Waals surface area contributed by atoms with E-state index in [2.05, 4.69) is 10.1 Å². The molecule has 5 nitrogen and oxygen atoms in total. The van der Waals surface area contributed by atoms with Crippen molar-refractivity contribution in [2.75, 3.05) is 20.7 Å². The highest BCUT2D eigenvalue weighted by molar-refractivity contribution is 5.79. The first kappa shape index (κ1) is 20.4. The maximum atomic E-state index is 12.7. The minimum atomic E-state index is -2.90. The predicted octanol–water partition coefficient (Wildman–Crippen LogP) is 3.81. The number of amides is 1. The Balaban J connectivity index is 1.32. The molecule has 0 radical (unpaired) electrons. The third-order valence-electron chi connectivity index (χ3n) is 6.75. The second-order valence-corrected chi connectivity index (χ2v) is 9.28. The summed E-state index contributed by atoms with van der Waals surface area (Å²) in [5.41, 5.74) is 0.887. The molecule has 5 rings (SSSR count). The normalized spacial score (nSPS) is 30.1. The zero-order valence-corrected chi connectivity index (χ0v) is 17.1. The summed E-state index contributed by atoms with van der Waals surface area (Å²) in [4.78, 5) is 14.7. The molecule has 4 aliphatic rings. The van der Waals surface area contributed by atoms with Crippen LogP contribution < -0.4 is 14.8 Å². The van der Waals surface area contributed by atoms with Crippen molar-refractivity contribution >= 4 is 5.91 Å². The number of nitrogens with zero attached hydrogens (tertiary/aromatic N) is 1. The molecular formula is C22H30F2N2O3. The van der Waals surface area contributed by atoms with Crippen LogP contribution in [0.15, 0.2) is 18.2 Å². The fourth-order valence-corrected chi connectivity index (χ4v) is 6.22. The van der Waals surface area contributed by atoms with Gasteiger partial charge in [-0.2, -0.15) is 8.78 Å². The molecule has 0 heterocycles. The highest BCUT2D eigenvalue weighted by Crippen LogP contribution is 2.55. The fraction of sp³-hybridized carbons (Fsp3) is 0.682. The molecule has 1 aromatic carbocycles. The van der Waals surface area contributed by atoms with Crippen LogP contribution in [0.4, 0.5) is 8.78 Å². The lowest BCUT2D eigenvalue weighted by molar-refractivity contribution is -0.127. The van der Waals surface area contributed by atoms with Gasteiger partial charge in [0.05, 0.1) is 13.7 Å². The van der Waals surface area contributed by atoms with E-state index in [9.17, 15) is 13.6 Å². The molecule has 4 fully saturated rings. The molecule has 4 aliphatic carbocycles. The minimum absolute atomic E-state index is 0.00784. The molecule has 7 heteroatoms. The lowest BCUT2D eigenvalue weighted by atomic mass is 9.53. The second-order valence-electron chi connectivity index (χ2n) is 9.28. The van der Waals surface area contributed by atoms with Crippen LogP contribution in [0.1, 0.15) is 44.1 Å². The summed E-state index contributed by atoms with van der Waals surface area (Å²) in [7, 11) is 3.30. The number of likely N-dealkylation sites (N-methyl/N-ethyl adjacent to an activating group) is 1. The highest BCUT2D eigenvalue weighted by Gasteiger charge is 2.51. The Hall–Kier alpha value is -1.89. The Bertz CT molecular complexity index is 720. The van der Waals surface area contributed by atoms with E-state index in [1.165, 1.54) is 32.4 Å². The van der Waals surface area contributed by atoms with Gasteiger partial charge in [-0.1, -0.05) is 6.07 Å². The molecular weight excluding hydrogens is 378 g/mol. The molecule has 29 heavy (non-hydrogen) atoms. The van der Waals surface area contributed by atoms with Crippen LogP contribution in [0, 0.1) is 17.8 Å². The van der Waals surface area contributed by atoms with Crippen molar-refractivity contribution in [2.24, 2.45) is 17.8 Å². The number of hydrogen-bond acceptors (Lipinski definition) is 4. The number of hydrogen-bond donors (Lipinski definition) is 1. The van der Waals surface area contributed by atoms with Crippen molar-refractivity contribution in [1.82, 2.24) is 10.2 Å². The van der Waals surface area contributed by atoms with Gasteiger partial charge in [0.2, 0.25) is 5.91 Å². The summed E-state index contributed by atoms with van der Waals surface area (Å²) in [6.45, 7) is -2.08. The predicted molar refractivity (Wildman–Crippen MR) is 105 cm³/mol. The molecule has 4 saturated carbocycles. The summed E-state index contributed by atoms with van der Waals surface area (Å²) < 4.78 is 34.5. The van der Waals surface area contributed by atoms with Crippen molar-refractivity contribution in [3.63, 3.8) is 0 Å². The summed E-state index contributed by atoms with van der Waals surface area (Å²) in [5, 5.41) is 3.39. The first-order chi connectivity index (χ1) is 13.8. The Morgan fingerprint density at radius 2 is 1.79 bits per heavy atom. The molecule has 0 aromatic heterocycles. The van der Waals surface area contributed by atoms with E-state index < -0.39 is 6.61 Å². The molecule has 160 valence electrons. The zero-order chi connectivity index (χ0) is 20.6. The van der Waals surface area contributed by atoms with E-state index in [1.54, 1.807) is 12.1 Å². The maximum absolute atomic E-state index is 12.7. The molecule has 0 atom stereocenters. The molecule has 0 spiro atoms. The van der Waals surface area contributed by atoms with Gasteiger partial charge in [-0.25, -0.2) is 0 Å². The number of carbonyl (C=O) groups is 1. The zero-order valence-electron chi connectivity index (χ0n) is 17.1. The highest BCUT2D eigenvalue weighted by atomic mass is 19.3. The third-order valence-corrected chi connectivity index (χ3v) is 6.75. The van der Waals surface area contributed by atoms with Crippen molar-refractivity contribution in [2.45, 2.75) is 57.2 Å². The van der Waals surface area contributed by atoms with Gasteiger partial charge in [-0.3, -0.25) is 9.69 Å². The average Bonchev–Trinajstić information content (AvgIpc) is 2.60. The molecule has 1 N–H and O–H groups in total. The van der Waals surface area contributed by atoms with Crippen LogP contribution in [0.2, 0.25) is 0 Å². The number of rotatable bonds is 8. The van der Waals surface area contributed by atoms with E-state index in [0.29, 0.717) is 13.1 Å². The number of benzene rings is 1. The Labute approximate surface area is 170 Å². The van der Waals surface area contributed by atoms with Crippen molar-refractivity contribution in [3.8, 4) is 11.5 Å². The van der Waals surface area contributed by atoms with Crippen LogP contribution in [0.3, 0.4) is 0 Å². The molecule has 1 amide bonds. The Morgan fingerprint density at radius 3 is 2.34 bits per heavy atom. The summed E-state index contributed by atoms with van der Waals surface area (Å²) in [5.74, 6) is 2.71. The number of halogens is 2. The molecule has 0 saturated heterocycles. The Kier molecular flexibility index (Phi) is 5.69.